The molecule has 0 bridgehead atoms. The monoisotopic (exact) mass is 336 g/mol. The maximum Gasteiger partial charge on any atom is 0.136 e. The van der Waals surface area contributed by atoms with Crippen LogP contribution in [0, 0.1) is 6.92 Å². The molecule has 0 spiro atoms. The molecule has 25 heavy (non-hydrogen) atoms. The number of nitrogens with one attached hydrogen (secondary N) is 1. The number of nitrogens with zero attached hydrogens (tertiary/aromatic N) is 5. The zero-order chi connectivity index (χ0) is 17.2. The van der Waals surface area contributed by atoms with E-state index in [1.54, 1.807) is 6.33 Å². The topological polar surface area (TPSA) is 62.6 Å². The lowest BCUT2D eigenvalue weighted by Gasteiger charge is -2.32. The Balaban J connectivity index is 1.50. The van der Waals surface area contributed by atoms with Crippen LogP contribution in [-0.2, 0) is 13.6 Å². The molecule has 1 fully saturated rings. The zero-order valence-corrected chi connectivity index (χ0v) is 14.8. The Morgan fingerprint density at radius 1 is 1.24 bits per heavy atom. The second kappa shape index (κ2) is 6.80. The van der Waals surface area contributed by atoms with E-state index in [1.807, 2.05) is 17.8 Å². The van der Waals surface area contributed by atoms with Crippen LogP contribution in [0.1, 0.15) is 35.7 Å². The van der Waals surface area contributed by atoms with Crippen molar-refractivity contribution in [3.63, 3.8) is 0 Å². The van der Waals surface area contributed by atoms with Crippen LogP contribution in [0.3, 0.4) is 0 Å². The Morgan fingerprint density at radius 3 is 2.84 bits per heavy atom. The number of hydrogen-bond donors (Lipinski definition) is 1. The maximum atomic E-state index is 4.31. The fraction of sp³-hybridized carbons (Fsp3) is 0.421. The van der Waals surface area contributed by atoms with Gasteiger partial charge in [-0.25, -0.2) is 0 Å². The van der Waals surface area contributed by atoms with Gasteiger partial charge in [0, 0.05) is 31.6 Å². The van der Waals surface area contributed by atoms with E-state index in [2.05, 4.69) is 56.5 Å². The second-order valence-corrected chi connectivity index (χ2v) is 7.01. The lowest BCUT2D eigenvalue weighted by atomic mass is 9.96. The van der Waals surface area contributed by atoms with Crippen molar-refractivity contribution in [2.24, 2.45) is 7.05 Å². The van der Waals surface area contributed by atoms with E-state index in [4.69, 9.17) is 0 Å². The Kier molecular flexibility index (Phi) is 4.36. The number of benzene rings is 1. The molecule has 2 aromatic heterocycles. The summed E-state index contributed by atoms with van der Waals surface area (Å²) < 4.78 is 2.05. The molecule has 6 nitrogen and oxygen atoms in total. The predicted octanol–water partition coefficient (Wildman–Crippen LogP) is 2.89. The van der Waals surface area contributed by atoms with Gasteiger partial charge in [-0.1, -0.05) is 29.8 Å². The van der Waals surface area contributed by atoms with Gasteiger partial charge in [0.15, 0.2) is 0 Å². The molecular weight excluding hydrogens is 312 g/mol. The van der Waals surface area contributed by atoms with Gasteiger partial charge in [0.1, 0.15) is 12.2 Å². The number of aryl methyl sites for hydroxylation is 2. The summed E-state index contributed by atoms with van der Waals surface area (Å²) in [7, 11) is 2.03. The third-order valence-electron chi connectivity index (χ3n) is 5.07. The summed E-state index contributed by atoms with van der Waals surface area (Å²) in [4.78, 5) is 2.51. The minimum Gasteiger partial charge on any atom is -0.320 e. The van der Waals surface area contributed by atoms with Gasteiger partial charge in [0.2, 0.25) is 0 Å². The lowest BCUT2D eigenvalue weighted by Crippen LogP contribution is -2.34. The number of aromatic amines is 1. The zero-order valence-electron chi connectivity index (χ0n) is 14.8. The largest absolute Gasteiger partial charge is 0.320 e. The molecule has 1 aromatic carbocycles. The normalized spacial score (nSPS) is 18.6. The van der Waals surface area contributed by atoms with Crippen molar-refractivity contribution in [3.8, 4) is 11.3 Å². The van der Waals surface area contributed by atoms with Gasteiger partial charge >= 0.3 is 0 Å². The molecule has 0 saturated carbocycles. The van der Waals surface area contributed by atoms with Gasteiger partial charge in [-0.15, -0.1) is 10.2 Å². The molecule has 0 amide bonds. The first-order valence-corrected chi connectivity index (χ1v) is 8.86. The Labute approximate surface area is 147 Å². The Morgan fingerprint density at radius 2 is 2.08 bits per heavy atom. The van der Waals surface area contributed by atoms with Gasteiger partial charge in [-0.3, -0.25) is 10.00 Å². The average Bonchev–Trinajstić information content (AvgIpc) is 3.25. The summed E-state index contributed by atoms with van der Waals surface area (Å²) in [5, 5.41) is 15.8. The molecule has 130 valence electrons. The maximum absolute atomic E-state index is 4.31. The Bertz CT molecular complexity index is 832. The van der Waals surface area contributed by atoms with Crippen LogP contribution in [0.5, 0.6) is 0 Å². The highest BCUT2D eigenvalue weighted by molar-refractivity contribution is 5.62. The summed E-state index contributed by atoms with van der Waals surface area (Å²) >= 11 is 0. The highest BCUT2D eigenvalue weighted by Crippen LogP contribution is 2.28. The van der Waals surface area contributed by atoms with E-state index < -0.39 is 0 Å². The third kappa shape index (κ3) is 3.35. The van der Waals surface area contributed by atoms with Crippen molar-refractivity contribution in [1.29, 1.82) is 0 Å². The fourth-order valence-electron chi connectivity index (χ4n) is 3.71. The van der Waals surface area contributed by atoms with Crippen LogP contribution in [0.15, 0.2) is 36.8 Å². The average molecular weight is 336 g/mol. The highest BCUT2D eigenvalue weighted by atomic mass is 15.3. The Hall–Kier alpha value is -2.47. The molecule has 0 radical (unpaired) electrons. The van der Waals surface area contributed by atoms with Crippen LogP contribution < -0.4 is 0 Å². The fourth-order valence-corrected chi connectivity index (χ4v) is 3.71. The van der Waals surface area contributed by atoms with Gasteiger partial charge in [-0.05, 0) is 31.9 Å². The van der Waals surface area contributed by atoms with E-state index >= 15 is 0 Å². The van der Waals surface area contributed by atoms with E-state index in [0.717, 1.165) is 31.2 Å². The number of likely N-dealkylation sites (tertiary alicyclic amines) is 1. The number of piperidine rings is 1. The predicted molar refractivity (Wildman–Crippen MR) is 97.0 cm³/mol. The first-order chi connectivity index (χ1) is 12.2. The summed E-state index contributed by atoms with van der Waals surface area (Å²) in [6.45, 7) is 5.16. The minimum absolute atomic E-state index is 0.455. The van der Waals surface area contributed by atoms with E-state index in [0.29, 0.717) is 5.92 Å². The van der Waals surface area contributed by atoms with Crippen molar-refractivity contribution < 1.29 is 0 Å². The summed E-state index contributed by atoms with van der Waals surface area (Å²) in [6.07, 6.45) is 6.12. The van der Waals surface area contributed by atoms with Gasteiger partial charge in [-0.2, -0.15) is 5.10 Å². The van der Waals surface area contributed by atoms with E-state index in [9.17, 15) is 0 Å². The molecule has 4 rings (SSSR count). The van der Waals surface area contributed by atoms with Gasteiger partial charge < -0.3 is 4.57 Å². The molecule has 1 aliphatic heterocycles. The van der Waals surface area contributed by atoms with Crippen LogP contribution in [0.25, 0.3) is 11.3 Å². The smallest absolute Gasteiger partial charge is 0.136 e. The minimum atomic E-state index is 0.455. The number of aromatic nitrogens is 5. The van der Waals surface area contributed by atoms with Crippen molar-refractivity contribution >= 4 is 0 Å². The van der Waals surface area contributed by atoms with E-state index in [-0.39, 0.29) is 0 Å². The summed E-state index contributed by atoms with van der Waals surface area (Å²) in [5.41, 5.74) is 4.84. The summed E-state index contributed by atoms with van der Waals surface area (Å²) in [6, 6.07) is 8.60. The number of H-pyrrole nitrogens is 1. The molecule has 3 heterocycles. The molecule has 1 unspecified atom stereocenters. The number of rotatable bonds is 4. The van der Waals surface area contributed by atoms with Gasteiger partial charge in [0.05, 0.1) is 11.9 Å². The standard InChI is InChI=1S/C19H24N6/c1-14-5-7-15(8-6-14)18-17(10-20-22-18)12-25-9-3-4-16(11-25)19-23-21-13-24(19)2/h5-8,10,13,16H,3-4,9,11-12H2,1-2H3,(H,20,22). The van der Waals surface area contributed by atoms with Crippen molar-refractivity contribution in [2.45, 2.75) is 32.2 Å². The number of hydrogen-bond acceptors (Lipinski definition) is 4. The SMILES string of the molecule is Cc1ccc(-c2[nH]ncc2CN2CCCC(c3nncn3C)C2)cc1. The second-order valence-electron chi connectivity index (χ2n) is 7.01. The lowest BCUT2D eigenvalue weighted by molar-refractivity contribution is 0.195. The van der Waals surface area contributed by atoms with Crippen LogP contribution in [0.2, 0.25) is 0 Å². The first-order valence-electron chi connectivity index (χ1n) is 8.86. The van der Waals surface area contributed by atoms with Crippen molar-refractivity contribution in [2.75, 3.05) is 13.1 Å². The quantitative estimate of drug-likeness (QED) is 0.796. The van der Waals surface area contributed by atoms with Crippen molar-refractivity contribution in [1.82, 2.24) is 29.9 Å². The van der Waals surface area contributed by atoms with Crippen LogP contribution in [-0.4, -0.2) is 43.0 Å². The molecule has 1 N–H and O–H groups in total. The highest BCUT2D eigenvalue weighted by Gasteiger charge is 2.25. The molecule has 1 saturated heterocycles. The third-order valence-corrected chi connectivity index (χ3v) is 5.07. The molecule has 3 aromatic rings. The van der Waals surface area contributed by atoms with Crippen LogP contribution in [0.4, 0.5) is 0 Å². The van der Waals surface area contributed by atoms with Crippen LogP contribution >= 0.6 is 0 Å². The first kappa shape index (κ1) is 16.0. The molecule has 1 aliphatic rings. The molecule has 1 atom stereocenters. The molecule has 6 heteroatoms. The van der Waals surface area contributed by atoms with E-state index in [1.165, 1.54) is 29.5 Å². The molecular formula is C19H24N6. The van der Waals surface area contributed by atoms with Crippen molar-refractivity contribution in [3.05, 3.63) is 53.7 Å². The molecule has 0 aliphatic carbocycles. The van der Waals surface area contributed by atoms with Gasteiger partial charge in [0.25, 0.3) is 0 Å². The summed E-state index contributed by atoms with van der Waals surface area (Å²) in [5.74, 6) is 1.55.